The number of aliphatic hydroxyl groups is 1. The third kappa shape index (κ3) is 2.05. The standard InChI is InChI=1S/C16H21NO/c1-16(2,18)11-14-10-12-6-3-4-9-15(12)17(14)13-7-5-8-13/h3-4,6,9-10,13,18H,5,7-8,11H2,1-2H3. The molecule has 2 nitrogen and oxygen atoms in total. The van der Waals surface area contributed by atoms with Crippen molar-refractivity contribution in [2.45, 2.75) is 51.2 Å². The highest BCUT2D eigenvalue weighted by molar-refractivity contribution is 5.81. The van der Waals surface area contributed by atoms with E-state index in [9.17, 15) is 5.11 Å². The zero-order chi connectivity index (χ0) is 12.8. The summed E-state index contributed by atoms with van der Waals surface area (Å²) >= 11 is 0. The minimum Gasteiger partial charge on any atom is -0.390 e. The van der Waals surface area contributed by atoms with Gasteiger partial charge in [0.25, 0.3) is 0 Å². The van der Waals surface area contributed by atoms with E-state index in [2.05, 4.69) is 34.9 Å². The first-order valence-corrected chi connectivity index (χ1v) is 6.86. The van der Waals surface area contributed by atoms with Crippen LogP contribution in [0.4, 0.5) is 0 Å². The average molecular weight is 243 g/mol. The molecule has 1 heterocycles. The number of rotatable bonds is 3. The van der Waals surface area contributed by atoms with Crippen molar-refractivity contribution in [3.8, 4) is 0 Å². The maximum atomic E-state index is 10.1. The molecule has 0 aliphatic heterocycles. The van der Waals surface area contributed by atoms with E-state index in [1.807, 2.05) is 13.8 Å². The van der Waals surface area contributed by atoms with Crippen LogP contribution in [0.3, 0.4) is 0 Å². The fraction of sp³-hybridized carbons (Fsp3) is 0.500. The van der Waals surface area contributed by atoms with E-state index in [-0.39, 0.29) is 0 Å². The summed E-state index contributed by atoms with van der Waals surface area (Å²) in [6.07, 6.45) is 4.60. The highest BCUT2D eigenvalue weighted by Gasteiger charge is 2.25. The first-order valence-electron chi connectivity index (χ1n) is 6.86. The molecule has 96 valence electrons. The van der Waals surface area contributed by atoms with Crippen LogP contribution < -0.4 is 0 Å². The lowest BCUT2D eigenvalue weighted by atomic mass is 9.92. The second kappa shape index (κ2) is 4.13. The van der Waals surface area contributed by atoms with Gasteiger partial charge in [0, 0.05) is 23.7 Å². The van der Waals surface area contributed by atoms with Crippen molar-refractivity contribution in [1.29, 1.82) is 0 Å². The number of aromatic nitrogens is 1. The predicted octanol–water partition coefficient (Wildman–Crippen LogP) is 3.68. The molecule has 18 heavy (non-hydrogen) atoms. The Kier molecular flexibility index (Phi) is 2.70. The van der Waals surface area contributed by atoms with Gasteiger partial charge in [-0.15, -0.1) is 0 Å². The van der Waals surface area contributed by atoms with Gasteiger partial charge in [-0.2, -0.15) is 0 Å². The van der Waals surface area contributed by atoms with E-state index in [0.717, 1.165) is 6.42 Å². The molecule has 0 atom stereocenters. The molecule has 0 spiro atoms. The summed E-state index contributed by atoms with van der Waals surface area (Å²) in [4.78, 5) is 0. The minimum absolute atomic E-state index is 0.641. The fourth-order valence-electron chi connectivity index (χ4n) is 2.89. The molecule has 2 aromatic rings. The Morgan fingerprint density at radius 2 is 2.00 bits per heavy atom. The van der Waals surface area contributed by atoms with Crippen molar-refractivity contribution < 1.29 is 5.11 Å². The van der Waals surface area contributed by atoms with Crippen molar-refractivity contribution in [3.05, 3.63) is 36.0 Å². The molecule has 0 saturated heterocycles. The van der Waals surface area contributed by atoms with E-state index in [1.54, 1.807) is 0 Å². The third-order valence-corrected chi connectivity index (χ3v) is 3.88. The molecular formula is C16H21NO. The van der Waals surface area contributed by atoms with Gasteiger partial charge in [-0.05, 0) is 50.6 Å². The van der Waals surface area contributed by atoms with Crippen LogP contribution in [0.15, 0.2) is 30.3 Å². The Labute approximate surface area is 108 Å². The topological polar surface area (TPSA) is 25.2 Å². The predicted molar refractivity (Wildman–Crippen MR) is 74.8 cm³/mol. The average Bonchev–Trinajstić information content (AvgIpc) is 2.52. The normalized spacial score (nSPS) is 17.1. The molecule has 1 aromatic carbocycles. The van der Waals surface area contributed by atoms with Crippen LogP contribution in [0.2, 0.25) is 0 Å². The first kappa shape index (κ1) is 11.8. The van der Waals surface area contributed by atoms with Crippen LogP contribution >= 0.6 is 0 Å². The fourth-order valence-corrected chi connectivity index (χ4v) is 2.89. The Bertz CT molecular complexity index is 558. The molecule has 1 aliphatic carbocycles. The Balaban J connectivity index is 2.11. The van der Waals surface area contributed by atoms with Crippen molar-refractivity contribution in [2.75, 3.05) is 0 Å². The van der Waals surface area contributed by atoms with Gasteiger partial charge >= 0.3 is 0 Å². The van der Waals surface area contributed by atoms with Gasteiger partial charge in [0.15, 0.2) is 0 Å². The quantitative estimate of drug-likeness (QED) is 0.874. The summed E-state index contributed by atoms with van der Waals surface area (Å²) in [7, 11) is 0. The van der Waals surface area contributed by atoms with Gasteiger partial charge in [0.1, 0.15) is 0 Å². The molecule has 1 fully saturated rings. The van der Waals surface area contributed by atoms with Gasteiger partial charge in [-0.3, -0.25) is 0 Å². The van der Waals surface area contributed by atoms with E-state index in [0.29, 0.717) is 6.04 Å². The lowest BCUT2D eigenvalue weighted by Gasteiger charge is -2.31. The summed E-state index contributed by atoms with van der Waals surface area (Å²) in [5.41, 5.74) is 1.95. The van der Waals surface area contributed by atoms with Gasteiger partial charge in [0.05, 0.1) is 5.60 Å². The zero-order valence-corrected chi connectivity index (χ0v) is 11.2. The molecule has 2 heteroatoms. The number of fused-ring (bicyclic) bond motifs is 1. The molecule has 1 aromatic heterocycles. The second-order valence-corrected chi connectivity index (χ2v) is 6.14. The van der Waals surface area contributed by atoms with Crippen LogP contribution in [0.25, 0.3) is 10.9 Å². The van der Waals surface area contributed by atoms with Crippen molar-refractivity contribution in [3.63, 3.8) is 0 Å². The minimum atomic E-state index is -0.643. The summed E-state index contributed by atoms with van der Waals surface area (Å²) in [6, 6.07) is 11.4. The Morgan fingerprint density at radius 1 is 1.28 bits per heavy atom. The van der Waals surface area contributed by atoms with E-state index >= 15 is 0 Å². The first-order chi connectivity index (χ1) is 8.54. The van der Waals surface area contributed by atoms with Crippen LogP contribution in [0, 0.1) is 0 Å². The molecule has 1 N–H and O–H groups in total. The van der Waals surface area contributed by atoms with Crippen LogP contribution in [-0.4, -0.2) is 15.3 Å². The summed E-state index contributed by atoms with van der Waals surface area (Å²) < 4.78 is 2.46. The Morgan fingerprint density at radius 3 is 2.61 bits per heavy atom. The molecule has 0 unspecified atom stereocenters. The summed E-state index contributed by atoms with van der Waals surface area (Å²) in [5.74, 6) is 0. The lowest BCUT2D eigenvalue weighted by molar-refractivity contribution is 0.0781. The largest absolute Gasteiger partial charge is 0.390 e. The third-order valence-electron chi connectivity index (χ3n) is 3.88. The summed E-state index contributed by atoms with van der Waals surface area (Å²) in [5, 5.41) is 11.4. The number of nitrogens with zero attached hydrogens (tertiary/aromatic N) is 1. The van der Waals surface area contributed by atoms with Crippen molar-refractivity contribution in [1.82, 2.24) is 4.57 Å². The molecular weight excluding hydrogens is 222 g/mol. The molecule has 0 amide bonds. The summed E-state index contributed by atoms with van der Waals surface area (Å²) in [6.45, 7) is 3.77. The van der Waals surface area contributed by atoms with Crippen LogP contribution in [-0.2, 0) is 6.42 Å². The molecule has 1 aliphatic rings. The number of hydrogen-bond acceptors (Lipinski definition) is 1. The van der Waals surface area contributed by atoms with Crippen molar-refractivity contribution >= 4 is 10.9 Å². The van der Waals surface area contributed by atoms with Gasteiger partial charge in [-0.25, -0.2) is 0 Å². The molecule has 3 rings (SSSR count). The van der Waals surface area contributed by atoms with E-state index in [4.69, 9.17) is 0 Å². The van der Waals surface area contributed by atoms with Gasteiger partial charge in [0.2, 0.25) is 0 Å². The van der Waals surface area contributed by atoms with Gasteiger partial charge in [-0.1, -0.05) is 18.2 Å². The molecule has 1 saturated carbocycles. The molecule has 0 radical (unpaired) electrons. The Hall–Kier alpha value is -1.28. The van der Waals surface area contributed by atoms with Crippen LogP contribution in [0.1, 0.15) is 44.8 Å². The highest BCUT2D eigenvalue weighted by atomic mass is 16.3. The van der Waals surface area contributed by atoms with E-state index < -0.39 is 5.60 Å². The molecule has 0 bridgehead atoms. The smallest absolute Gasteiger partial charge is 0.0646 e. The van der Waals surface area contributed by atoms with Gasteiger partial charge < -0.3 is 9.67 Å². The number of benzene rings is 1. The number of hydrogen-bond donors (Lipinski definition) is 1. The maximum Gasteiger partial charge on any atom is 0.0646 e. The highest BCUT2D eigenvalue weighted by Crippen LogP contribution is 2.37. The second-order valence-electron chi connectivity index (χ2n) is 6.14. The number of para-hydroxylation sites is 1. The van der Waals surface area contributed by atoms with Crippen molar-refractivity contribution in [2.24, 2.45) is 0 Å². The lowest BCUT2D eigenvalue weighted by Crippen LogP contribution is -2.26. The van der Waals surface area contributed by atoms with E-state index in [1.165, 1.54) is 35.9 Å². The maximum absolute atomic E-state index is 10.1. The monoisotopic (exact) mass is 243 g/mol. The zero-order valence-electron chi connectivity index (χ0n) is 11.2. The van der Waals surface area contributed by atoms with Crippen LogP contribution in [0.5, 0.6) is 0 Å². The SMILES string of the molecule is CC(C)(O)Cc1cc2ccccc2n1C1CCC1.